The zero-order valence-electron chi connectivity index (χ0n) is 9.09. The third-order valence-electron chi connectivity index (χ3n) is 2.60. The zero-order chi connectivity index (χ0) is 11.5. The van der Waals surface area contributed by atoms with Crippen LogP contribution in [0.5, 0.6) is 5.75 Å². The lowest BCUT2D eigenvalue weighted by Crippen LogP contribution is -2.47. The Bertz CT molecular complexity index is 395. The summed E-state index contributed by atoms with van der Waals surface area (Å²) >= 11 is 0. The van der Waals surface area contributed by atoms with Gasteiger partial charge in [0, 0.05) is 12.7 Å². The molecule has 86 valence electrons. The van der Waals surface area contributed by atoms with Crippen molar-refractivity contribution >= 4 is 5.91 Å². The third-order valence-corrected chi connectivity index (χ3v) is 2.60. The molecular weight excluding hydrogens is 208 g/mol. The molecule has 0 radical (unpaired) electrons. The SMILES string of the molecule is C[C@@H]1COCCN1C(=O)c1cncc(O)c1. The summed E-state index contributed by atoms with van der Waals surface area (Å²) < 4.78 is 5.26. The van der Waals surface area contributed by atoms with E-state index in [4.69, 9.17) is 4.74 Å². The Morgan fingerprint density at radius 3 is 3.12 bits per heavy atom. The second-order valence-electron chi connectivity index (χ2n) is 3.85. The van der Waals surface area contributed by atoms with E-state index in [0.717, 1.165) is 0 Å². The number of rotatable bonds is 1. The molecule has 0 spiro atoms. The molecule has 2 rings (SSSR count). The van der Waals surface area contributed by atoms with Crippen LogP contribution in [0.15, 0.2) is 18.5 Å². The summed E-state index contributed by atoms with van der Waals surface area (Å²) in [7, 11) is 0. The van der Waals surface area contributed by atoms with Crippen LogP contribution in [0.2, 0.25) is 0 Å². The highest BCUT2D eigenvalue weighted by Gasteiger charge is 2.24. The van der Waals surface area contributed by atoms with Crippen molar-refractivity contribution in [2.24, 2.45) is 0 Å². The molecule has 1 saturated heterocycles. The first-order chi connectivity index (χ1) is 7.68. The standard InChI is InChI=1S/C11H14N2O3/c1-8-7-16-3-2-13(8)11(15)9-4-10(14)6-12-5-9/h4-6,8,14H,2-3,7H2,1H3/t8-/m1/s1. The summed E-state index contributed by atoms with van der Waals surface area (Å²) in [6.07, 6.45) is 2.77. The summed E-state index contributed by atoms with van der Waals surface area (Å²) in [5.41, 5.74) is 0.411. The monoisotopic (exact) mass is 222 g/mol. The number of hydrogen-bond donors (Lipinski definition) is 1. The number of amides is 1. The van der Waals surface area contributed by atoms with Gasteiger partial charge < -0.3 is 14.7 Å². The summed E-state index contributed by atoms with van der Waals surface area (Å²) in [6.45, 7) is 3.63. The number of nitrogens with zero attached hydrogens (tertiary/aromatic N) is 2. The summed E-state index contributed by atoms with van der Waals surface area (Å²) in [6, 6.07) is 1.49. The van der Waals surface area contributed by atoms with Gasteiger partial charge in [-0.2, -0.15) is 0 Å². The van der Waals surface area contributed by atoms with Gasteiger partial charge in [0.15, 0.2) is 0 Å². The Balaban J connectivity index is 2.17. The van der Waals surface area contributed by atoms with Gasteiger partial charge in [-0.25, -0.2) is 0 Å². The van der Waals surface area contributed by atoms with E-state index in [2.05, 4.69) is 4.98 Å². The van der Waals surface area contributed by atoms with Crippen LogP contribution in [0.1, 0.15) is 17.3 Å². The molecule has 16 heavy (non-hydrogen) atoms. The van der Waals surface area contributed by atoms with Gasteiger partial charge in [-0.1, -0.05) is 0 Å². The molecule has 1 aliphatic heterocycles. The minimum Gasteiger partial charge on any atom is -0.506 e. The fourth-order valence-corrected chi connectivity index (χ4v) is 1.74. The zero-order valence-corrected chi connectivity index (χ0v) is 9.09. The average molecular weight is 222 g/mol. The lowest BCUT2D eigenvalue weighted by Gasteiger charge is -2.33. The van der Waals surface area contributed by atoms with E-state index in [1.807, 2.05) is 6.92 Å². The van der Waals surface area contributed by atoms with Crippen LogP contribution in [0.25, 0.3) is 0 Å². The van der Waals surface area contributed by atoms with E-state index >= 15 is 0 Å². The first-order valence-electron chi connectivity index (χ1n) is 5.21. The van der Waals surface area contributed by atoms with Crippen LogP contribution in [0, 0.1) is 0 Å². The molecule has 2 heterocycles. The fraction of sp³-hybridized carbons (Fsp3) is 0.455. The molecule has 5 heteroatoms. The highest BCUT2D eigenvalue weighted by Crippen LogP contribution is 2.14. The molecule has 1 fully saturated rings. The topological polar surface area (TPSA) is 62.7 Å². The molecule has 1 aromatic rings. The largest absolute Gasteiger partial charge is 0.506 e. The molecular formula is C11H14N2O3. The van der Waals surface area contributed by atoms with E-state index in [9.17, 15) is 9.90 Å². The van der Waals surface area contributed by atoms with Crippen LogP contribution < -0.4 is 0 Å². The minimum absolute atomic E-state index is 0.00626. The maximum Gasteiger partial charge on any atom is 0.255 e. The number of ether oxygens (including phenoxy) is 1. The third kappa shape index (κ3) is 2.14. The van der Waals surface area contributed by atoms with Crippen LogP contribution in [-0.4, -0.2) is 46.7 Å². The van der Waals surface area contributed by atoms with Gasteiger partial charge in [0.25, 0.3) is 5.91 Å². The van der Waals surface area contributed by atoms with Crippen LogP contribution in [-0.2, 0) is 4.74 Å². The van der Waals surface area contributed by atoms with E-state index in [1.165, 1.54) is 18.5 Å². The molecule has 1 N–H and O–H groups in total. The highest BCUT2D eigenvalue weighted by molar-refractivity contribution is 5.94. The molecule has 0 aromatic carbocycles. The number of aromatic nitrogens is 1. The number of hydrogen-bond acceptors (Lipinski definition) is 4. The summed E-state index contributed by atoms with van der Waals surface area (Å²) in [4.78, 5) is 17.6. The van der Waals surface area contributed by atoms with Crippen molar-refractivity contribution in [2.45, 2.75) is 13.0 Å². The van der Waals surface area contributed by atoms with E-state index in [0.29, 0.717) is 25.3 Å². The maximum atomic E-state index is 12.1. The van der Waals surface area contributed by atoms with Crippen molar-refractivity contribution in [2.75, 3.05) is 19.8 Å². The molecule has 1 atom stereocenters. The second-order valence-corrected chi connectivity index (χ2v) is 3.85. The summed E-state index contributed by atoms with van der Waals surface area (Å²) in [5, 5.41) is 9.27. The Kier molecular flexibility index (Phi) is 3.05. The first kappa shape index (κ1) is 10.9. The average Bonchev–Trinajstić information content (AvgIpc) is 2.29. The normalized spacial score (nSPS) is 20.8. The first-order valence-corrected chi connectivity index (χ1v) is 5.21. The molecule has 1 aromatic heterocycles. The molecule has 0 saturated carbocycles. The van der Waals surface area contributed by atoms with Gasteiger partial charge in [0.2, 0.25) is 0 Å². The van der Waals surface area contributed by atoms with Crippen molar-refractivity contribution in [1.29, 1.82) is 0 Å². The second kappa shape index (κ2) is 4.49. The quantitative estimate of drug-likeness (QED) is 0.757. The lowest BCUT2D eigenvalue weighted by atomic mass is 10.2. The Morgan fingerprint density at radius 2 is 2.44 bits per heavy atom. The van der Waals surface area contributed by atoms with Crippen LogP contribution in [0.3, 0.4) is 0 Å². The van der Waals surface area contributed by atoms with Crippen molar-refractivity contribution in [3.05, 3.63) is 24.0 Å². The van der Waals surface area contributed by atoms with E-state index < -0.39 is 0 Å². The Labute approximate surface area is 93.7 Å². The van der Waals surface area contributed by atoms with Gasteiger partial charge in [0.1, 0.15) is 5.75 Å². The predicted octanol–water partition coefficient (Wildman–Crippen LogP) is 0.648. The highest BCUT2D eigenvalue weighted by atomic mass is 16.5. The van der Waals surface area contributed by atoms with Gasteiger partial charge in [-0.05, 0) is 13.0 Å². The van der Waals surface area contributed by atoms with E-state index in [-0.39, 0.29) is 17.7 Å². The van der Waals surface area contributed by atoms with Gasteiger partial charge in [0.05, 0.1) is 31.0 Å². The molecule has 1 amide bonds. The number of pyridine rings is 1. The number of carbonyl (C=O) groups excluding carboxylic acids is 1. The Hall–Kier alpha value is -1.62. The van der Waals surface area contributed by atoms with Gasteiger partial charge in [-0.15, -0.1) is 0 Å². The molecule has 1 aliphatic rings. The fourth-order valence-electron chi connectivity index (χ4n) is 1.74. The molecule has 0 aliphatic carbocycles. The molecule has 5 nitrogen and oxygen atoms in total. The molecule has 0 bridgehead atoms. The van der Waals surface area contributed by atoms with Crippen molar-refractivity contribution < 1.29 is 14.6 Å². The number of aromatic hydroxyl groups is 1. The van der Waals surface area contributed by atoms with E-state index in [1.54, 1.807) is 4.90 Å². The Morgan fingerprint density at radius 1 is 1.62 bits per heavy atom. The van der Waals surface area contributed by atoms with Crippen molar-refractivity contribution in [3.63, 3.8) is 0 Å². The van der Waals surface area contributed by atoms with Gasteiger partial charge >= 0.3 is 0 Å². The molecule has 0 unspecified atom stereocenters. The van der Waals surface area contributed by atoms with Crippen molar-refractivity contribution in [1.82, 2.24) is 9.88 Å². The van der Waals surface area contributed by atoms with Gasteiger partial charge in [-0.3, -0.25) is 9.78 Å². The number of morpholine rings is 1. The van der Waals surface area contributed by atoms with Crippen LogP contribution >= 0.6 is 0 Å². The number of carbonyl (C=O) groups is 1. The summed E-state index contributed by atoms with van der Waals surface area (Å²) in [5.74, 6) is -0.106. The minimum atomic E-state index is -0.112. The van der Waals surface area contributed by atoms with Crippen LogP contribution in [0.4, 0.5) is 0 Å². The lowest BCUT2D eigenvalue weighted by molar-refractivity contribution is 0.00355. The van der Waals surface area contributed by atoms with Crippen molar-refractivity contribution in [3.8, 4) is 5.75 Å². The maximum absolute atomic E-state index is 12.1. The predicted molar refractivity (Wildman–Crippen MR) is 57.2 cm³/mol. The smallest absolute Gasteiger partial charge is 0.255 e.